The van der Waals surface area contributed by atoms with Crippen molar-refractivity contribution in [3.63, 3.8) is 0 Å². The number of carbonyl (C=O) groups is 1. The van der Waals surface area contributed by atoms with Crippen LogP contribution in [0.25, 0.3) is 0 Å². The maximum absolute atomic E-state index is 12.2. The summed E-state index contributed by atoms with van der Waals surface area (Å²) in [7, 11) is 1.60. The monoisotopic (exact) mass is 345 g/mol. The first-order valence-electron chi connectivity index (χ1n) is 8.22. The number of hydrogen-bond donors (Lipinski definition) is 1. The van der Waals surface area contributed by atoms with Crippen LogP contribution in [-0.4, -0.2) is 19.4 Å². The maximum atomic E-state index is 12.2. The summed E-state index contributed by atoms with van der Waals surface area (Å²) in [6.07, 6.45) is 0. The molecule has 0 atom stereocenters. The van der Waals surface area contributed by atoms with Crippen molar-refractivity contribution in [2.45, 2.75) is 0 Å². The third-order valence-electron chi connectivity index (χ3n) is 3.77. The van der Waals surface area contributed by atoms with E-state index >= 15 is 0 Å². The highest BCUT2D eigenvalue weighted by atomic mass is 16.5. The van der Waals surface area contributed by atoms with Crippen LogP contribution >= 0.6 is 0 Å². The van der Waals surface area contributed by atoms with Gasteiger partial charge in [-0.2, -0.15) is 10.2 Å². The largest absolute Gasteiger partial charge is 0.497 e. The Morgan fingerprint density at radius 3 is 2.08 bits per heavy atom. The van der Waals surface area contributed by atoms with Gasteiger partial charge in [0.2, 0.25) is 0 Å². The van der Waals surface area contributed by atoms with Crippen molar-refractivity contribution in [3.05, 3.63) is 84.4 Å². The lowest BCUT2D eigenvalue weighted by atomic mass is 10.1. The number of nitrogens with one attached hydrogen (secondary N) is 1. The molecule has 0 bridgehead atoms. The highest BCUT2D eigenvalue weighted by Gasteiger charge is 2.05. The number of azo groups is 1. The van der Waals surface area contributed by atoms with E-state index in [1.54, 1.807) is 31.4 Å². The Morgan fingerprint density at radius 2 is 1.46 bits per heavy atom. The Hall–Kier alpha value is -3.47. The number of benzene rings is 3. The summed E-state index contributed by atoms with van der Waals surface area (Å²) in [5.41, 5.74) is 3.05. The number of ether oxygens (including phenoxy) is 1. The molecule has 0 spiro atoms. The number of carbonyl (C=O) groups excluding carboxylic acids is 1. The zero-order valence-corrected chi connectivity index (χ0v) is 14.4. The van der Waals surface area contributed by atoms with Gasteiger partial charge in [-0.3, -0.25) is 4.79 Å². The van der Waals surface area contributed by atoms with Gasteiger partial charge in [-0.05, 0) is 60.7 Å². The Balaban J connectivity index is 1.55. The number of nitrogens with zero attached hydrogens (tertiary/aromatic N) is 2. The molecule has 3 aromatic rings. The number of methoxy groups -OCH3 is 1. The lowest BCUT2D eigenvalue weighted by Gasteiger charge is -2.06. The zero-order valence-electron chi connectivity index (χ0n) is 14.4. The molecule has 0 saturated heterocycles. The molecule has 5 nitrogen and oxygen atoms in total. The van der Waals surface area contributed by atoms with Crippen molar-refractivity contribution in [2.75, 3.05) is 19.0 Å². The highest BCUT2D eigenvalue weighted by molar-refractivity contribution is 5.99. The van der Waals surface area contributed by atoms with Crippen molar-refractivity contribution in [1.82, 2.24) is 0 Å². The number of ketones is 1. The molecule has 0 fully saturated rings. The van der Waals surface area contributed by atoms with Gasteiger partial charge in [0.15, 0.2) is 5.78 Å². The first kappa shape index (κ1) is 17.4. The van der Waals surface area contributed by atoms with Crippen LogP contribution in [-0.2, 0) is 0 Å². The van der Waals surface area contributed by atoms with Crippen molar-refractivity contribution in [1.29, 1.82) is 0 Å². The van der Waals surface area contributed by atoms with E-state index in [-0.39, 0.29) is 12.3 Å². The standard InChI is InChI=1S/C21H19N3O2/c1-26-20-13-7-16(8-14-20)21(25)15-22-17-9-11-19(12-10-17)24-23-18-5-3-2-4-6-18/h2-14,22H,15H2,1H3. The Bertz CT molecular complexity index is 873. The third kappa shape index (κ3) is 4.77. The van der Waals surface area contributed by atoms with Gasteiger partial charge in [-0.1, -0.05) is 18.2 Å². The van der Waals surface area contributed by atoms with Crippen molar-refractivity contribution < 1.29 is 9.53 Å². The Kier molecular flexibility index (Phi) is 5.72. The van der Waals surface area contributed by atoms with Crippen LogP contribution in [0.1, 0.15) is 10.4 Å². The molecule has 0 amide bonds. The summed E-state index contributed by atoms with van der Waals surface area (Å²) in [5, 5.41) is 11.5. The van der Waals surface area contributed by atoms with E-state index in [1.807, 2.05) is 54.6 Å². The number of Topliss-reactive ketones (excluding diaryl/α,β-unsaturated/α-hetero) is 1. The van der Waals surface area contributed by atoms with Gasteiger partial charge in [0.05, 0.1) is 25.0 Å². The molecular formula is C21H19N3O2. The Labute approximate surface area is 152 Å². The summed E-state index contributed by atoms with van der Waals surface area (Å²) in [5.74, 6) is 0.746. The second-order valence-electron chi connectivity index (χ2n) is 5.59. The molecule has 0 unspecified atom stereocenters. The molecule has 0 heterocycles. The van der Waals surface area contributed by atoms with Gasteiger partial charge in [-0.15, -0.1) is 0 Å². The molecule has 26 heavy (non-hydrogen) atoms. The van der Waals surface area contributed by atoms with Gasteiger partial charge in [0.25, 0.3) is 0 Å². The van der Waals surface area contributed by atoms with Gasteiger partial charge >= 0.3 is 0 Å². The average Bonchev–Trinajstić information content (AvgIpc) is 2.72. The SMILES string of the molecule is COc1ccc(C(=O)CNc2ccc(N=Nc3ccccc3)cc2)cc1. The molecule has 0 aliphatic heterocycles. The van der Waals surface area contributed by atoms with Crippen LogP contribution in [0.15, 0.2) is 89.1 Å². The molecule has 3 aromatic carbocycles. The summed E-state index contributed by atoms with van der Waals surface area (Å²) in [6, 6.07) is 24.1. The molecule has 0 aromatic heterocycles. The van der Waals surface area contributed by atoms with E-state index in [9.17, 15) is 4.79 Å². The van der Waals surface area contributed by atoms with Crippen LogP contribution < -0.4 is 10.1 Å². The fourth-order valence-corrected chi connectivity index (χ4v) is 2.32. The molecule has 1 N–H and O–H groups in total. The van der Waals surface area contributed by atoms with Gasteiger partial charge in [0, 0.05) is 11.3 Å². The average molecular weight is 345 g/mol. The van der Waals surface area contributed by atoms with Crippen molar-refractivity contribution >= 4 is 22.8 Å². The molecule has 3 rings (SSSR count). The van der Waals surface area contributed by atoms with Crippen LogP contribution in [0.4, 0.5) is 17.1 Å². The molecular weight excluding hydrogens is 326 g/mol. The van der Waals surface area contributed by atoms with Crippen molar-refractivity contribution in [3.8, 4) is 5.75 Å². The molecule has 5 heteroatoms. The van der Waals surface area contributed by atoms with Gasteiger partial charge < -0.3 is 10.1 Å². The van der Waals surface area contributed by atoms with Crippen LogP contribution in [0.5, 0.6) is 5.75 Å². The minimum Gasteiger partial charge on any atom is -0.497 e. The highest BCUT2D eigenvalue weighted by Crippen LogP contribution is 2.20. The van der Waals surface area contributed by atoms with E-state index in [4.69, 9.17) is 4.74 Å². The van der Waals surface area contributed by atoms with E-state index in [0.717, 1.165) is 22.8 Å². The van der Waals surface area contributed by atoms with Crippen LogP contribution in [0.2, 0.25) is 0 Å². The number of rotatable bonds is 7. The van der Waals surface area contributed by atoms with Crippen LogP contribution in [0, 0.1) is 0 Å². The lowest BCUT2D eigenvalue weighted by Crippen LogP contribution is -2.13. The van der Waals surface area contributed by atoms with Crippen LogP contribution in [0.3, 0.4) is 0 Å². The van der Waals surface area contributed by atoms with Gasteiger partial charge in [-0.25, -0.2) is 0 Å². The second-order valence-corrected chi connectivity index (χ2v) is 5.59. The topological polar surface area (TPSA) is 63.0 Å². The third-order valence-corrected chi connectivity index (χ3v) is 3.77. The summed E-state index contributed by atoms with van der Waals surface area (Å²) in [4.78, 5) is 12.2. The number of hydrogen-bond acceptors (Lipinski definition) is 5. The predicted molar refractivity (Wildman–Crippen MR) is 103 cm³/mol. The molecule has 0 radical (unpaired) electrons. The van der Waals surface area contributed by atoms with E-state index in [1.165, 1.54) is 0 Å². The van der Waals surface area contributed by atoms with E-state index < -0.39 is 0 Å². The smallest absolute Gasteiger partial charge is 0.181 e. The normalized spacial score (nSPS) is 10.7. The van der Waals surface area contributed by atoms with Gasteiger partial charge in [0.1, 0.15) is 5.75 Å². The molecule has 0 aliphatic rings. The minimum absolute atomic E-state index is 0.0143. The fraction of sp³-hybridized carbons (Fsp3) is 0.0952. The van der Waals surface area contributed by atoms with Crippen molar-refractivity contribution in [2.24, 2.45) is 10.2 Å². The first-order valence-corrected chi connectivity index (χ1v) is 8.22. The first-order chi connectivity index (χ1) is 12.7. The summed E-state index contributed by atoms with van der Waals surface area (Å²) in [6.45, 7) is 0.219. The molecule has 130 valence electrons. The lowest BCUT2D eigenvalue weighted by molar-refractivity contribution is 0.101. The number of anilines is 1. The minimum atomic E-state index is 0.0143. The maximum Gasteiger partial charge on any atom is 0.181 e. The molecule has 0 saturated carbocycles. The second kappa shape index (κ2) is 8.58. The summed E-state index contributed by atoms with van der Waals surface area (Å²) >= 11 is 0. The van der Waals surface area contributed by atoms with E-state index in [0.29, 0.717) is 5.56 Å². The zero-order chi connectivity index (χ0) is 18.2. The fourth-order valence-electron chi connectivity index (χ4n) is 2.32. The predicted octanol–water partition coefficient (Wildman–Crippen LogP) is 5.41. The quantitative estimate of drug-likeness (QED) is 0.460. The van der Waals surface area contributed by atoms with E-state index in [2.05, 4.69) is 15.5 Å². The molecule has 0 aliphatic carbocycles. The Morgan fingerprint density at radius 1 is 0.846 bits per heavy atom. The summed E-state index contributed by atoms with van der Waals surface area (Å²) < 4.78 is 5.09.